The number of carbonyl (C=O) groups excluding carboxylic acids is 1. The van der Waals surface area contributed by atoms with E-state index >= 15 is 0 Å². The lowest BCUT2D eigenvalue weighted by Gasteiger charge is -2.35. The zero-order valence-corrected chi connectivity index (χ0v) is 17.7. The smallest absolute Gasteiger partial charge is 0.254 e. The molecular formula is C24H25N3O3. The molecule has 2 aromatic heterocycles. The average Bonchev–Trinajstić information content (AvgIpc) is 3.24. The van der Waals surface area contributed by atoms with Crippen molar-refractivity contribution in [3.8, 4) is 11.1 Å². The molecule has 1 amide bonds. The molecule has 2 atom stereocenters. The molecule has 2 aromatic carbocycles. The minimum atomic E-state index is 0.0530. The largest absolute Gasteiger partial charge is 0.372 e. The number of H-pyrrole nitrogens is 1. The first-order valence-electron chi connectivity index (χ1n) is 10.3. The van der Waals surface area contributed by atoms with Gasteiger partial charge >= 0.3 is 0 Å². The summed E-state index contributed by atoms with van der Waals surface area (Å²) in [5.74, 6) is 0.866. The van der Waals surface area contributed by atoms with E-state index in [0.717, 1.165) is 44.4 Å². The lowest BCUT2D eigenvalue weighted by atomic mass is 10.0. The number of amides is 1. The topological polar surface area (TPSA) is 71.4 Å². The van der Waals surface area contributed by atoms with Crippen LogP contribution in [0.15, 0.2) is 40.9 Å². The third-order valence-electron chi connectivity index (χ3n) is 5.87. The first-order chi connectivity index (χ1) is 14.4. The number of aromatic amines is 1. The number of benzene rings is 2. The van der Waals surface area contributed by atoms with Gasteiger partial charge in [-0.3, -0.25) is 4.79 Å². The van der Waals surface area contributed by atoms with Crippen LogP contribution < -0.4 is 0 Å². The molecule has 1 aliphatic heterocycles. The Kier molecular flexibility index (Phi) is 4.40. The molecule has 0 spiro atoms. The molecule has 6 heteroatoms. The van der Waals surface area contributed by atoms with Crippen LogP contribution in [-0.4, -0.2) is 46.2 Å². The maximum Gasteiger partial charge on any atom is 0.254 e. The highest BCUT2D eigenvalue weighted by atomic mass is 16.5. The van der Waals surface area contributed by atoms with Crippen LogP contribution >= 0.6 is 0 Å². The monoisotopic (exact) mass is 403 g/mol. The van der Waals surface area contributed by atoms with Gasteiger partial charge in [0, 0.05) is 46.0 Å². The highest BCUT2D eigenvalue weighted by molar-refractivity contribution is 6.10. The fraction of sp³-hybridized carbons (Fsp3) is 0.333. The summed E-state index contributed by atoms with van der Waals surface area (Å²) in [6.07, 6.45) is 0.106. The van der Waals surface area contributed by atoms with E-state index in [1.54, 1.807) is 0 Å². The van der Waals surface area contributed by atoms with E-state index in [-0.39, 0.29) is 18.1 Å². The van der Waals surface area contributed by atoms with Gasteiger partial charge in [0.25, 0.3) is 5.91 Å². The van der Waals surface area contributed by atoms with Crippen LogP contribution in [0.3, 0.4) is 0 Å². The number of ether oxygens (including phenoxy) is 1. The van der Waals surface area contributed by atoms with Crippen LogP contribution in [0.5, 0.6) is 0 Å². The summed E-state index contributed by atoms with van der Waals surface area (Å²) in [5, 5.41) is 6.21. The van der Waals surface area contributed by atoms with Crippen molar-refractivity contribution in [1.29, 1.82) is 0 Å². The van der Waals surface area contributed by atoms with Crippen LogP contribution in [0.4, 0.5) is 0 Å². The lowest BCUT2D eigenvalue weighted by molar-refractivity contribution is -0.0586. The molecule has 3 heterocycles. The molecule has 30 heavy (non-hydrogen) atoms. The fourth-order valence-corrected chi connectivity index (χ4v) is 4.61. The van der Waals surface area contributed by atoms with Crippen molar-refractivity contribution >= 4 is 27.7 Å². The number of morpholine rings is 1. The molecule has 1 N–H and O–H groups in total. The van der Waals surface area contributed by atoms with Crippen LogP contribution in [0.2, 0.25) is 0 Å². The van der Waals surface area contributed by atoms with Gasteiger partial charge in [-0.25, -0.2) is 0 Å². The number of hydrogen-bond donors (Lipinski definition) is 1. The van der Waals surface area contributed by atoms with E-state index in [2.05, 4.69) is 28.3 Å². The molecule has 0 saturated carbocycles. The van der Waals surface area contributed by atoms with E-state index in [1.807, 2.05) is 50.8 Å². The number of aromatic nitrogens is 2. The van der Waals surface area contributed by atoms with E-state index in [4.69, 9.17) is 9.26 Å². The van der Waals surface area contributed by atoms with Crippen molar-refractivity contribution in [2.45, 2.75) is 39.9 Å². The summed E-state index contributed by atoms with van der Waals surface area (Å²) in [7, 11) is 0. The minimum absolute atomic E-state index is 0.0530. The van der Waals surface area contributed by atoms with Gasteiger partial charge in [0.2, 0.25) is 0 Å². The Bertz CT molecular complexity index is 1240. The van der Waals surface area contributed by atoms with Gasteiger partial charge in [-0.05, 0) is 57.5 Å². The quantitative estimate of drug-likeness (QED) is 0.520. The summed E-state index contributed by atoms with van der Waals surface area (Å²) in [6.45, 7) is 9.14. The second-order valence-electron chi connectivity index (χ2n) is 8.31. The number of fused-ring (bicyclic) bond motifs is 3. The highest BCUT2D eigenvalue weighted by Crippen LogP contribution is 2.33. The van der Waals surface area contributed by atoms with Crippen LogP contribution in [-0.2, 0) is 4.74 Å². The van der Waals surface area contributed by atoms with E-state index in [1.165, 1.54) is 0 Å². The minimum Gasteiger partial charge on any atom is -0.372 e. The number of aryl methyl sites for hydroxylation is 2. The Hall–Kier alpha value is -3.12. The molecular weight excluding hydrogens is 378 g/mol. The van der Waals surface area contributed by atoms with Gasteiger partial charge in [-0.1, -0.05) is 17.3 Å². The number of nitrogens with one attached hydrogen (secondary N) is 1. The molecule has 0 bridgehead atoms. The predicted octanol–water partition coefficient (Wildman–Crippen LogP) is 4.84. The van der Waals surface area contributed by atoms with Gasteiger partial charge < -0.3 is 19.1 Å². The highest BCUT2D eigenvalue weighted by Gasteiger charge is 2.27. The lowest BCUT2D eigenvalue weighted by Crippen LogP contribution is -2.48. The van der Waals surface area contributed by atoms with Crippen LogP contribution in [0.1, 0.15) is 35.7 Å². The van der Waals surface area contributed by atoms with Crippen molar-refractivity contribution in [3.63, 3.8) is 0 Å². The molecule has 5 rings (SSSR count). The van der Waals surface area contributed by atoms with Crippen LogP contribution in [0, 0.1) is 13.8 Å². The molecule has 6 nitrogen and oxygen atoms in total. The first-order valence-corrected chi connectivity index (χ1v) is 10.3. The number of rotatable bonds is 2. The molecule has 0 radical (unpaired) electrons. The second-order valence-corrected chi connectivity index (χ2v) is 8.31. The summed E-state index contributed by atoms with van der Waals surface area (Å²) in [5.41, 5.74) is 5.73. The number of hydrogen-bond acceptors (Lipinski definition) is 4. The predicted molar refractivity (Wildman–Crippen MR) is 117 cm³/mol. The van der Waals surface area contributed by atoms with Crippen molar-refractivity contribution < 1.29 is 14.1 Å². The number of carbonyl (C=O) groups is 1. The molecule has 1 saturated heterocycles. The van der Waals surface area contributed by atoms with E-state index < -0.39 is 0 Å². The third kappa shape index (κ3) is 3.08. The number of nitrogens with zero attached hydrogens (tertiary/aromatic N) is 2. The molecule has 4 aromatic rings. The van der Waals surface area contributed by atoms with Crippen molar-refractivity contribution in [2.24, 2.45) is 0 Å². The standard InChI is InChI=1S/C24H25N3O3/c1-13-11-27(12-14(2)29-13)24(28)18-6-8-21-20(9-18)19-7-5-17(10-22(19)25-21)23-15(3)26-30-16(23)4/h5-10,13-14,25H,11-12H2,1-4H3/t13-,14+. The summed E-state index contributed by atoms with van der Waals surface area (Å²) in [6, 6.07) is 12.2. The molecule has 0 aliphatic carbocycles. The molecule has 0 unspecified atom stereocenters. The summed E-state index contributed by atoms with van der Waals surface area (Å²) >= 11 is 0. The first kappa shape index (κ1) is 18.9. The average molecular weight is 403 g/mol. The van der Waals surface area contributed by atoms with E-state index in [9.17, 15) is 4.79 Å². The van der Waals surface area contributed by atoms with E-state index in [0.29, 0.717) is 18.7 Å². The maximum absolute atomic E-state index is 13.1. The summed E-state index contributed by atoms with van der Waals surface area (Å²) in [4.78, 5) is 18.5. The Morgan fingerprint density at radius 3 is 2.50 bits per heavy atom. The fourth-order valence-electron chi connectivity index (χ4n) is 4.61. The second kappa shape index (κ2) is 6.99. The van der Waals surface area contributed by atoms with Gasteiger partial charge in [0.05, 0.1) is 17.9 Å². The van der Waals surface area contributed by atoms with Crippen molar-refractivity contribution in [2.75, 3.05) is 13.1 Å². The SMILES string of the molecule is Cc1noc(C)c1-c1ccc2c(c1)[nH]c1ccc(C(=O)N3C[C@@H](C)O[C@@H](C)C3)cc12. The Morgan fingerprint density at radius 1 is 1.03 bits per heavy atom. The third-order valence-corrected chi connectivity index (χ3v) is 5.87. The Morgan fingerprint density at radius 2 is 1.80 bits per heavy atom. The van der Waals surface area contributed by atoms with Crippen molar-refractivity contribution in [1.82, 2.24) is 15.0 Å². The van der Waals surface area contributed by atoms with Gasteiger partial charge in [0.1, 0.15) is 5.76 Å². The van der Waals surface area contributed by atoms with Gasteiger partial charge in [0.15, 0.2) is 0 Å². The molecule has 1 aliphatic rings. The molecule has 154 valence electrons. The maximum atomic E-state index is 13.1. The van der Waals surface area contributed by atoms with Crippen LogP contribution in [0.25, 0.3) is 32.9 Å². The van der Waals surface area contributed by atoms with Gasteiger partial charge in [-0.15, -0.1) is 0 Å². The molecule has 1 fully saturated rings. The summed E-state index contributed by atoms with van der Waals surface area (Å²) < 4.78 is 11.1. The van der Waals surface area contributed by atoms with Crippen molar-refractivity contribution in [3.05, 3.63) is 53.4 Å². The normalized spacial score (nSPS) is 19.7. The Balaban J connectivity index is 1.54. The zero-order chi connectivity index (χ0) is 21.0. The zero-order valence-electron chi connectivity index (χ0n) is 17.7. The Labute approximate surface area is 174 Å². The van der Waals surface area contributed by atoms with Gasteiger partial charge in [-0.2, -0.15) is 0 Å².